The van der Waals surface area contributed by atoms with Crippen LogP contribution in [0.3, 0.4) is 0 Å². The molecule has 1 aromatic carbocycles. The number of aromatic nitrogens is 4. The number of aromatic amines is 1. The molecule has 0 atom stereocenters. The maximum absolute atomic E-state index is 12.8. The highest BCUT2D eigenvalue weighted by Crippen LogP contribution is 2.19. The molecule has 3 heterocycles. The maximum atomic E-state index is 12.8. The van der Waals surface area contributed by atoms with Gasteiger partial charge in [-0.25, -0.2) is 15.0 Å². The zero-order valence-corrected chi connectivity index (χ0v) is 14.6. The first-order chi connectivity index (χ1) is 12.7. The van der Waals surface area contributed by atoms with E-state index < -0.39 is 0 Å². The second-order valence-electron chi connectivity index (χ2n) is 6.06. The number of benzene rings is 1. The van der Waals surface area contributed by atoms with Gasteiger partial charge in [0.05, 0.1) is 24.0 Å². The van der Waals surface area contributed by atoms with E-state index in [2.05, 4.69) is 24.8 Å². The summed E-state index contributed by atoms with van der Waals surface area (Å²) in [5.74, 6) is 1.44. The average Bonchev–Trinajstić information content (AvgIpc) is 3.16. The van der Waals surface area contributed by atoms with Crippen LogP contribution in [0.2, 0.25) is 0 Å². The van der Waals surface area contributed by atoms with Crippen LogP contribution in [0.4, 0.5) is 5.82 Å². The highest BCUT2D eigenvalue weighted by molar-refractivity contribution is 5.97. The first-order valence-corrected chi connectivity index (χ1v) is 8.67. The number of carbonyl (C=O) groups excluding carboxylic acids is 1. The molecule has 1 saturated heterocycles. The number of rotatable bonds is 4. The zero-order valence-electron chi connectivity index (χ0n) is 14.6. The Hall–Kier alpha value is -3.16. The first-order valence-electron chi connectivity index (χ1n) is 8.67. The third kappa shape index (κ3) is 3.17. The quantitative estimate of drug-likeness (QED) is 0.769. The Balaban J connectivity index is 1.42. The molecule has 1 fully saturated rings. The van der Waals surface area contributed by atoms with E-state index in [-0.39, 0.29) is 5.91 Å². The molecule has 1 aliphatic rings. The summed E-state index contributed by atoms with van der Waals surface area (Å²) in [5.41, 5.74) is 2.41. The molecule has 2 aromatic heterocycles. The Morgan fingerprint density at radius 1 is 1.15 bits per heavy atom. The van der Waals surface area contributed by atoms with Crippen molar-refractivity contribution in [1.29, 1.82) is 0 Å². The summed E-state index contributed by atoms with van der Waals surface area (Å²) in [7, 11) is 0. The number of piperazine rings is 1. The van der Waals surface area contributed by atoms with Gasteiger partial charge >= 0.3 is 0 Å². The van der Waals surface area contributed by atoms with Crippen LogP contribution < -0.4 is 9.64 Å². The van der Waals surface area contributed by atoms with E-state index >= 15 is 0 Å². The molecule has 0 aliphatic carbocycles. The third-order valence-electron chi connectivity index (χ3n) is 4.48. The number of H-pyrrole nitrogens is 1. The van der Waals surface area contributed by atoms with Crippen molar-refractivity contribution in [2.24, 2.45) is 0 Å². The van der Waals surface area contributed by atoms with E-state index in [1.165, 1.54) is 6.33 Å². The molecule has 4 rings (SSSR count). The molecule has 3 aromatic rings. The molecule has 26 heavy (non-hydrogen) atoms. The van der Waals surface area contributed by atoms with Crippen LogP contribution in [0.5, 0.6) is 5.88 Å². The molecule has 0 saturated carbocycles. The number of imidazole rings is 1. The molecule has 0 radical (unpaired) electrons. The van der Waals surface area contributed by atoms with Crippen molar-refractivity contribution in [3.63, 3.8) is 0 Å². The van der Waals surface area contributed by atoms with E-state index in [0.29, 0.717) is 31.1 Å². The lowest BCUT2D eigenvalue weighted by molar-refractivity contribution is 0.0746. The molecule has 8 nitrogen and oxygen atoms in total. The summed E-state index contributed by atoms with van der Waals surface area (Å²) < 4.78 is 5.43. The van der Waals surface area contributed by atoms with Gasteiger partial charge in [-0.2, -0.15) is 0 Å². The number of ether oxygens (including phenoxy) is 1. The third-order valence-corrected chi connectivity index (χ3v) is 4.48. The van der Waals surface area contributed by atoms with Crippen molar-refractivity contribution in [3.05, 3.63) is 42.5 Å². The molecule has 0 spiro atoms. The van der Waals surface area contributed by atoms with E-state index in [1.807, 2.05) is 36.1 Å². The lowest BCUT2D eigenvalue weighted by Crippen LogP contribution is -2.49. The zero-order chi connectivity index (χ0) is 17.9. The molecule has 1 N–H and O–H groups in total. The van der Waals surface area contributed by atoms with Crippen molar-refractivity contribution in [2.75, 3.05) is 37.7 Å². The fourth-order valence-corrected chi connectivity index (χ4v) is 3.12. The number of hydrogen-bond acceptors (Lipinski definition) is 6. The Kier molecular flexibility index (Phi) is 4.39. The molecule has 1 amide bonds. The van der Waals surface area contributed by atoms with Crippen molar-refractivity contribution >= 4 is 22.8 Å². The summed E-state index contributed by atoms with van der Waals surface area (Å²) in [6.45, 7) is 5.23. The largest absolute Gasteiger partial charge is 0.478 e. The summed E-state index contributed by atoms with van der Waals surface area (Å²) in [4.78, 5) is 32.4. The average molecular weight is 352 g/mol. The minimum Gasteiger partial charge on any atom is -0.478 e. The molecular weight excluding hydrogens is 332 g/mol. The van der Waals surface area contributed by atoms with Crippen molar-refractivity contribution < 1.29 is 9.53 Å². The molecular formula is C18H20N6O2. The van der Waals surface area contributed by atoms with Crippen LogP contribution >= 0.6 is 0 Å². The Morgan fingerprint density at radius 3 is 2.81 bits per heavy atom. The van der Waals surface area contributed by atoms with Crippen LogP contribution in [0.15, 0.2) is 36.9 Å². The first kappa shape index (κ1) is 16.3. The van der Waals surface area contributed by atoms with Crippen LogP contribution in [-0.2, 0) is 0 Å². The van der Waals surface area contributed by atoms with Gasteiger partial charge in [-0.15, -0.1) is 0 Å². The summed E-state index contributed by atoms with van der Waals surface area (Å²) in [6, 6.07) is 7.39. The Morgan fingerprint density at radius 2 is 2.00 bits per heavy atom. The molecule has 0 bridgehead atoms. The number of amides is 1. The van der Waals surface area contributed by atoms with Gasteiger partial charge in [-0.3, -0.25) is 4.79 Å². The highest BCUT2D eigenvalue weighted by Gasteiger charge is 2.23. The molecule has 134 valence electrons. The van der Waals surface area contributed by atoms with E-state index in [0.717, 1.165) is 29.9 Å². The van der Waals surface area contributed by atoms with Gasteiger partial charge < -0.3 is 19.5 Å². The second-order valence-corrected chi connectivity index (χ2v) is 6.06. The van der Waals surface area contributed by atoms with Crippen LogP contribution in [0, 0.1) is 0 Å². The lowest BCUT2D eigenvalue weighted by Gasteiger charge is -2.35. The predicted octanol–water partition coefficient (Wildman–Crippen LogP) is 1.71. The van der Waals surface area contributed by atoms with Gasteiger partial charge in [0, 0.05) is 37.8 Å². The fourth-order valence-electron chi connectivity index (χ4n) is 3.12. The van der Waals surface area contributed by atoms with Crippen LogP contribution in [0.1, 0.15) is 17.3 Å². The summed E-state index contributed by atoms with van der Waals surface area (Å²) >= 11 is 0. The topological polar surface area (TPSA) is 87.2 Å². The number of hydrogen-bond donors (Lipinski definition) is 1. The Labute approximate surface area is 150 Å². The number of fused-ring (bicyclic) bond motifs is 1. The SMILES string of the molecule is CCOc1cc(N2CCN(C(=O)c3ccc4nc[nH]c4c3)CC2)ncn1. The van der Waals surface area contributed by atoms with Crippen molar-refractivity contribution in [1.82, 2.24) is 24.8 Å². The number of nitrogens with zero attached hydrogens (tertiary/aromatic N) is 5. The molecule has 0 unspecified atom stereocenters. The van der Waals surface area contributed by atoms with E-state index in [4.69, 9.17) is 4.74 Å². The minimum atomic E-state index is 0.0406. The van der Waals surface area contributed by atoms with Crippen molar-refractivity contribution in [2.45, 2.75) is 6.92 Å². The monoisotopic (exact) mass is 352 g/mol. The smallest absolute Gasteiger partial charge is 0.254 e. The maximum Gasteiger partial charge on any atom is 0.254 e. The van der Waals surface area contributed by atoms with Gasteiger partial charge in [0.15, 0.2) is 0 Å². The van der Waals surface area contributed by atoms with Gasteiger partial charge in [-0.05, 0) is 25.1 Å². The fraction of sp³-hybridized carbons (Fsp3) is 0.333. The van der Waals surface area contributed by atoms with Gasteiger partial charge in [0.1, 0.15) is 12.1 Å². The van der Waals surface area contributed by atoms with Crippen LogP contribution in [0.25, 0.3) is 11.0 Å². The normalized spacial score (nSPS) is 14.7. The van der Waals surface area contributed by atoms with Gasteiger partial charge in [0.2, 0.25) is 5.88 Å². The molecule has 1 aliphatic heterocycles. The molecule has 8 heteroatoms. The number of nitrogens with one attached hydrogen (secondary N) is 1. The number of anilines is 1. The van der Waals surface area contributed by atoms with Gasteiger partial charge in [0.25, 0.3) is 5.91 Å². The van der Waals surface area contributed by atoms with Crippen molar-refractivity contribution in [3.8, 4) is 5.88 Å². The minimum absolute atomic E-state index is 0.0406. The summed E-state index contributed by atoms with van der Waals surface area (Å²) in [6.07, 6.45) is 3.15. The Bertz CT molecular complexity index is 917. The predicted molar refractivity (Wildman–Crippen MR) is 97.4 cm³/mol. The second kappa shape index (κ2) is 6.99. The standard InChI is InChI=1S/C18H20N6O2/c1-2-26-17-10-16(21-12-22-17)23-5-7-24(8-6-23)18(25)13-3-4-14-15(9-13)20-11-19-14/h3-4,9-12H,2,5-8H2,1H3,(H,19,20). The lowest BCUT2D eigenvalue weighted by atomic mass is 10.1. The highest BCUT2D eigenvalue weighted by atomic mass is 16.5. The van der Waals surface area contributed by atoms with Gasteiger partial charge in [-0.1, -0.05) is 0 Å². The van der Waals surface area contributed by atoms with Crippen LogP contribution in [-0.4, -0.2) is 63.5 Å². The van der Waals surface area contributed by atoms with E-state index in [1.54, 1.807) is 6.33 Å². The number of carbonyl (C=O) groups is 1. The summed E-state index contributed by atoms with van der Waals surface area (Å²) in [5, 5.41) is 0. The van der Waals surface area contributed by atoms with E-state index in [9.17, 15) is 4.79 Å².